The number of hydrogen-bond donors (Lipinski definition) is 0. The fraction of sp³-hybridized carbons (Fsp3) is 0.875. The van der Waals surface area contributed by atoms with Crippen LogP contribution < -0.4 is 0 Å². The van der Waals surface area contributed by atoms with Gasteiger partial charge in [-0.25, -0.2) is 0 Å². The second-order valence-corrected chi connectivity index (χ2v) is 2.59. The molecule has 2 atom stereocenters. The molecule has 1 saturated carbocycles. The van der Waals surface area contributed by atoms with Gasteiger partial charge in [-0.2, -0.15) is 0 Å². The van der Waals surface area contributed by atoms with Crippen LogP contribution in [0.25, 0.3) is 0 Å². The first-order valence-corrected chi connectivity index (χ1v) is 4.07. The second-order valence-electron chi connectivity index (χ2n) is 2.59. The lowest BCUT2D eigenvalue weighted by molar-refractivity contribution is -0.145. The van der Waals surface area contributed by atoms with Crippen molar-refractivity contribution in [2.24, 2.45) is 5.92 Å². The molecule has 0 spiro atoms. The number of carbonyl (C=O) groups is 1. The van der Waals surface area contributed by atoms with Gasteiger partial charge in [-0.3, -0.25) is 4.79 Å². The van der Waals surface area contributed by atoms with E-state index in [4.69, 9.17) is 9.47 Å². The Hall–Kier alpha value is -0.570. The van der Waals surface area contributed by atoms with E-state index in [1.54, 1.807) is 0 Å². The average molecular weight is 158 g/mol. The first-order chi connectivity index (χ1) is 5.29. The maximum Gasteiger partial charge on any atom is 0.311 e. The SMILES string of the molecule is CCOC(=O)[C@@H]1C[C@@H]1OCC. The molecule has 11 heavy (non-hydrogen) atoms. The first kappa shape index (κ1) is 8.53. The fourth-order valence-corrected chi connectivity index (χ4v) is 1.07. The molecule has 0 amide bonds. The largest absolute Gasteiger partial charge is 0.466 e. The van der Waals surface area contributed by atoms with E-state index in [0.29, 0.717) is 13.2 Å². The van der Waals surface area contributed by atoms with Crippen molar-refractivity contribution in [1.82, 2.24) is 0 Å². The summed E-state index contributed by atoms with van der Waals surface area (Å²) in [7, 11) is 0. The van der Waals surface area contributed by atoms with E-state index in [9.17, 15) is 4.79 Å². The summed E-state index contributed by atoms with van der Waals surface area (Å²) in [6.07, 6.45) is 0.978. The van der Waals surface area contributed by atoms with Gasteiger partial charge in [0.25, 0.3) is 0 Å². The lowest BCUT2D eigenvalue weighted by Crippen LogP contribution is -2.10. The summed E-state index contributed by atoms with van der Waals surface area (Å²) in [6, 6.07) is 0. The van der Waals surface area contributed by atoms with E-state index >= 15 is 0 Å². The van der Waals surface area contributed by atoms with E-state index in [-0.39, 0.29) is 18.0 Å². The molecular weight excluding hydrogens is 144 g/mol. The molecule has 3 nitrogen and oxygen atoms in total. The highest BCUT2D eigenvalue weighted by Gasteiger charge is 2.45. The van der Waals surface area contributed by atoms with Crippen molar-refractivity contribution < 1.29 is 14.3 Å². The van der Waals surface area contributed by atoms with Crippen molar-refractivity contribution in [3.63, 3.8) is 0 Å². The third kappa shape index (κ3) is 2.19. The van der Waals surface area contributed by atoms with Gasteiger partial charge in [-0.15, -0.1) is 0 Å². The van der Waals surface area contributed by atoms with Crippen LogP contribution in [-0.4, -0.2) is 25.3 Å². The number of ether oxygens (including phenoxy) is 2. The number of carbonyl (C=O) groups excluding carboxylic acids is 1. The molecule has 64 valence electrons. The second kappa shape index (κ2) is 3.72. The number of hydrogen-bond acceptors (Lipinski definition) is 3. The fourth-order valence-electron chi connectivity index (χ4n) is 1.07. The standard InChI is InChI=1S/C8H14O3/c1-3-10-7-5-6(7)8(9)11-4-2/h6-7H,3-5H2,1-2H3/t6-,7+/m1/s1. The van der Waals surface area contributed by atoms with Crippen LogP contribution in [0.3, 0.4) is 0 Å². The first-order valence-electron chi connectivity index (χ1n) is 4.07. The predicted octanol–water partition coefficient (Wildman–Crippen LogP) is 0.975. The molecule has 1 fully saturated rings. The van der Waals surface area contributed by atoms with Crippen LogP contribution in [-0.2, 0) is 14.3 Å². The predicted molar refractivity (Wildman–Crippen MR) is 40.2 cm³/mol. The molecule has 0 bridgehead atoms. The minimum Gasteiger partial charge on any atom is -0.466 e. The van der Waals surface area contributed by atoms with Gasteiger partial charge in [0.15, 0.2) is 0 Å². The third-order valence-electron chi connectivity index (χ3n) is 1.70. The lowest BCUT2D eigenvalue weighted by Gasteiger charge is -1.99. The minimum atomic E-state index is -0.106. The zero-order chi connectivity index (χ0) is 8.27. The van der Waals surface area contributed by atoms with Gasteiger partial charge < -0.3 is 9.47 Å². The Morgan fingerprint density at radius 2 is 2.18 bits per heavy atom. The molecular formula is C8H14O3. The van der Waals surface area contributed by atoms with Crippen molar-refractivity contribution in [3.8, 4) is 0 Å². The monoisotopic (exact) mass is 158 g/mol. The van der Waals surface area contributed by atoms with Gasteiger partial charge in [0.05, 0.1) is 18.6 Å². The average Bonchev–Trinajstić information content (AvgIpc) is 2.69. The molecule has 0 radical (unpaired) electrons. The maximum absolute atomic E-state index is 11.0. The van der Waals surface area contributed by atoms with Crippen LogP contribution in [0.5, 0.6) is 0 Å². The summed E-state index contributed by atoms with van der Waals surface area (Å²) in [6.45, 7) is 4.89. The quantitative estimate of drug-likeness (QED) is 0.572. The van der Waals surface area contributed by atoms with E-state index in [2.05, 4.69) is 0 Å². The van der Waals surface area contributed by atoms with Crippen LogP contribution in [0, 0.1) is 5.92 Å². The molecule has 0 aliphatic heterocycles. The highest BCUT2D eigenvalue weighted by molar-refractivity contribution is 5.76. The summed E-state index contributed by atoms with van der Waals surface area (Å²) in [4.78, 5) is 11.0. The Balaban J connectivity index is 2.15. The Kier molecular flexibility index (Phi) is 2.88. The molecule has 1 rings (SSSR count). The lowest BCUT2D eigenvalue weighted by atomic mass is 10.4. The summed E-state index contributed by atoms with van der Waals surface area (Å²) < 4.78 is 10.1. The Morgan fingerprint density at radius 3 is 2.73 bits per heavy atom. The van der Waals surface area contributed by atoms with E-state index < -0.39 is 0 Å². The van der Waals surface area contributed by atoms with E-state index in [0.717, 1.165) is 6.42 Å². The minimum absolute atomic E-state index is 0.0231. The van der Waals surface area contributed by atoms with Crippen molar-refractivity contribution in [2.45, 2.75) is 26.4 Å². The summed E-state index contributed by atoms with van der Waals surface area (Å²) in [5.74, 6) is -0.0825. The molecule has 0 N–H and O–H groups in total. The molecule has 0 aromatic carbocycles. The zero-order valence-electron chi connectivity index (χ0n) is 7.00. The topological polar surface area (TPSA) is 35.5 Å². The number of esters is 1. The van der Waals surface area contributed by atoms with Gasteiger partial charge >= 0.3 is 5.97 Å². The Morgan fingerprint density at radius 1 is 1.45 bits per heavy atom. The molecule has 0 saturated heterocycles. The van der Waals surface area contributed by atoms with Gasteiger partial charge in [0, 0.05) is 6.61 Å². The van der Waals surface area contributed by atoms with Crippen molar-refractivity contribution in [2.75, 3.05) is 13.2 Å². The molecule has 0 aromatic rings. The molecule has 0 heterocycles. The number of rotatable bonds is 4. The summed E-state index contributed by atoms with van der Waals surface area (Å²) in [5, 5.41) is 0. The van der Waals surface area contributed by atoms with Crippen molar-refractivity contribution in [1.29, 1.82) is 0 Å². The van der Waals surface area contributed by atoms with Crippen LogP contribution >= 0.6 is 0 Å². The van der Waals surface area contributed by atoms with Crippen LogP contribution in [0.15, 0.2) is 0 Å². The van der Waals surface area contributed by atoms with Crippen LogP contribution in [0.1, 0.15) is 20.3 Å². The molecule has 1 aliphatic carbocycles. The van der Waals surface area contributed by atoms with Gasteiger partial charge in [-0.1, -0.05) is 0 Å². The van der Waals surface area contributed by atoms with Gasteiger partial charge in [0.1, 0.15) is 0 Å². The molecule has 1 aliphatic rings. The van der Waals surface area contributed by atoms with E-state index in [1.165, 1.54) is 0 Å². The molecule has 3 heteroatoms. The van der Waals surface area contributed by atoms with Crippen LogP contribution in [0.2, 0.25) is 0 Å². The smallest absolute Gasteiger partial charge is 0.311 e. The maximum atomic E-state index is 11.0. The Bertz CT molecular complexity index is 144. The van der Waals surface area contributed by atoms with Crippen molar-refractivity contribution in [3.05, 3.63) is 0 Å². The highest BCUT2D eigenvalue weighted by atomic mass is 16.5. The Labute approximate surface area is 66.7 Å². The van der Waals surface area contributed by atoms with Gasteiger partial charge in [-0.05, 0) is 20.3 Å². The normalized spacial score (nSPS) is 28.2. The van der Waals surface area contributed by atoms with Gasteiger partial charge in [0.2, 0.25) is 0 Å². The van der Waals surface area contributed by atoms with Crippen LogP contribution in [0.4, 0.5) is 0 Å². The summed E-state index contributed by atoms with van der Waals surface area (Å²) in [5.41, 5.74) is 0. The highest BCUT2D eigenvalue weighted by Crippen LogP contribution is 2.34. The van der Waals surface area contributed by atoms with Crippen molar-refractivity contribution >= 4 is 5.97 Å². The molecule has 0 unspecified atom stereocenters. The zero-order valence-corrected chi connectivity index (χ0v) is 7.00. The third-order valence-corrected chi connectivity index (χ3v) is 1.70. The summed E-state index contributed by atoms with van der Waals surface area (Å²) >= 11 is 0. The molecule has 0 aromatic heterocycles. The van der Waals surface area contributed by atoms with E-state index in [1.807, 2.05) is 13.8 Å².